The molecule has 0 aliphatic carbocycles. The van der Waals surface area contributed by atoms with Gasteiger partial charge in [-0.2, -0.15) is 5.26 Å². The van der Waals surface area contributed by atoms with Gasteiger partial charge in [-0.05, 0) is 29.9 Å². The van der Waals surface area contributed by atoms with Gasteiger partial charge in [0.2, 0.25) is 0 Å². The van der Waals surface area contributed by atoms with Crippen molar-refractivity contribution in [3.05, 3.63) is 29.8 Å². The molecule has 0 radical (unpaired) electrons. The van der Waals surface area contributed by atoms with E-state index in [-0.39, 0.29) is 0 Å². The average Bonchev–Trinajstić information content (AvgIpc) is 2.29. The number of hydrogen-bond acceptors (Lipinski definition) is 2. The summed E-state index contributed by atoms with van der Waals surface area (Å²) in [6.45, 7) is 9.93. The Labute approximate surface area is 105 Å². The van der Waals surface area contributed by atoms with E-state index in [1.165, 1.54) is 0 Å². The van der Waals surface area contributed by atoms with Crippen LogP contribution in [0, 0.1) is 29.1 Å². The molecule has 92 valence electrons. The molecule has 17 heavy (non-hydrogen) atoms. The average molecular weight is 230 g/mol. The summed E-state index contributed by atoms with van der Waals surface area (Å²) in [6, 6.07) is 9.89. The summed E-state index contributed by atoms with van der Waals surface area (Å²) in [6.07, 6.45) is 0. The Hall–Kier alpha value is -1.49. The Balaban J connectivity index is 2.69. The van der Waals surface area contributed by atoms with Crippen LogP contribution in [0.15, 0.2) is 24.3 Å². The smallest absolute Gasteiger partial charge is 0.101 e. The molecule has 0 saturated heterocycles. The van der Waals surface area contributed by atoms with E-state index in [2.05, 4.69) is 39.1 Å². The fourth-order valence-electron chi connectivity index (χ4n) is 2.20. The maximum Gasteiger partial charge on any atom is 0.101 e. The molecule has 0 unspecified atom stereocenters. The first-order valence-electron chi connectivity index (χ1n) is 6.29. The number of para-hydroxylation sites is 1. The van der Waals surface area contributed by atoms with Crippen LogP contribution in [0.1, 0.15) is 33.3 Å². The first-order valence-corrected chi connectivity index (χ1v) is 6.29. The maximum absolute atomic E-state index is 9.01. The van der Waals surface area contributed by atoms with E-state index < -0.39 is 0 Å². The number of nitriles is 1. The predicted octanol–water partition coefficient (Wildman–Crippen LogP) is 3.90. The van der Waals surface area contributed by atoms with Gasteiger partial charge in [-0.1, -0.05) is 39.8 Å². The van der Waals surface area contributed by atoms with Gasteiger partial charge in [0.15, 0.2) is 0 Å². The van der Waals surface area contributed by atoms with Gasteiger partial charge in [0, 0.05) is 6.54 Å². The molecule has 0 fully saturated rings. The minimum atomic E-state index is 0.627. The Kier molecular flexibility index (Phi) is 5.03. The second-order valence-electron chi connectivity index (χ2n) is 5.19. The molecule has 0 bridgehead atoms. The standard InChI is InChI=1S/C15H22N2/c1-11(2)14(12(3)4)10-17-15-8-6-5-7-13(15)9-16/h5-8,11-12,14,17H,10H2,1-4H3. The number of nitrogens with zero attached hydrogens (tertiary/aromatic N) is 1. The van der Waals surface area contributed by atoms with Crippen LogP contribution >= 0.6 is 0 Å². The lowest BCUT2D eigenvalue weighted by Crippen LogP contribution is -2.24. The van der Waals surface area contributed by atoms with E-state index in [4.69, 9.17) is 5.26 Å². The molecule has 0 aliphatic rings. The zero-order chi connectivity index (χ0) is 12.8. The summed E-state index contributed by atoms with van der Waals surface area (Å²) < 4.78 is 0. The van der Waals surface area contributed by atoms with Crippen molar-refractivity contribution in [1.29, 1.82) is 5.26 Å². The predicted molar refractivity (Wildman–Crippen MR) is 72.8 cm³/mol. The Morgan fingerprint density at radius 2 is 1.71 bits per heavy atom. The Morgan fingerprint density at radius 3 is 2.24 bits per heavy atom. The number of hydrogen-bond donors (Lipinski definition) is 1. The number of anilines is 1. The van der Waals surface area contributed by atoms with Gasteiger partial charge in [-0.15, -0.1) is 0 Å². The van der Waals surface area contributed by atoms with Crippen LogP contribution in [0.25, 0.3) is 0 Å². The first-order chi connectivity index (χ1) is 8.06. The molecule has 1 aromatic carbocycles. The van der Waals surface area contributed by atoms with Crippen molar-refractivity contribution in [2.45, 2.75) is 27.7 Å². The zero-order valence-electron chi connectivity index (χ0n) is 11.2. The van der Waals surface area contributed by atoms with Crippen LogP contribution < -0.4 is 5.32 Å². The highest BCUT2D eigenvalue weighted by molar-refractivity contribution is 5.57. The highest BCUT2D eigenvalue weighted by atomic mass is 14.9. The van der Waals surface area contributed by atoms with Crippen molar-refractivity contribution in [3.63, 3.8) is 0 Å². The van der Waals surface area contributed by atoms with E-state index in [1.54, 1.807) is 0 Å². The van der Waals surface area contributed by atoms with Gasteiger partial charge in [-0.25, -0.2) is 0 Å². The van der Waals surface area contributed by atoms with Gasteiger partial charge >= 0.3 is 0 Å². The van der Waals surface area contributed by atoms with Gasteiger partial charge in [0.1, 0.15) is 6.07 Å². The molecular weight excluding hydrogens is 208 g/mol. The third-order valence-corrected chi connectivity index (χ3v) is 3.29. The van der Waals surface area contributed by atoms with Gasteiger partial charge in [-0.3, -0.25) is 0 Å². The molecule has 0 saturated carbocycles. The largest absolute Gasteiger partial charge is 0.384 e. The SMILES string of the molecule is CC(C)C(CNc1ccccc1C#N)C(C)C. The fourth-order valence-corrected chi connectivity index (χ4v) is 2.20. The normalized spacial score (nSPS) is 10.9. The summed E-state index contributed by atoms with van der Waals surface area (Å²) in [5.74, 6) is 1.93. The summed E-state index contributed by atoms with van der Waals surface area (Å²) in [5, 5.41) is 12.4. The van der Waals surface area contributed by atoms with E-state index in [0.29, 0.717) is 17.8 Å². The molecule has 0 aromatic heterocycles. The number of rotatable bonds is 5. The molecule has 0 spiro atoms. The van der Waals surface area contributed by atoms with Crippen LogP contribution in [0.3, 0.4) is 0 Å². The molecule has 1 N–H and O–H groups in total. The van der Waals surface area contributed by atoms with Crippen molar-refractivity contribution in [1.82, 2.24) is 0 Å². The minimum absolute atomic E-state index is 0.627. The second-order valence-corrected chi connectivity index (χ2v) is 5.19. The molecule has 2 nitrogen and oxygen atoms in total. The monoisotopic (exact) mass is 230 g/mol. The third-order valence-electron chi connectivity index (χ3n) is 3.29. The summed E-state index contributed by atoms with van der Waals surface area (Å²) in [5.41, 5.74) is 1.67. The van der Waals surface area contributed by atoms with Gasteiger partial charge in [0.25, 0.3) is 0 Å². The first kappa shape index (κ1) is 13.6. The van der Waals surface area contributed by atoms with E-state index >= 15 is 0 Å². The Morgan fingerprint density at radius 1 is 1.12 bits per heavy atom. The van der Waals surface area contributed by atoms with Crippen LogP contribution in [-0.2, 0) is 0 Å². The number of nitrogens with one attached hydrogen (secondary N) is 1. The summed E-state index contributed by atoms with van der Waals surface area (Å²) in [4.78, 5) is 0. The lowest BCUT2D eigenvalue weighted by molar-refractivity contribution is 0.304. The van der Waals surface area contributed by atoms with Crippen molar-refractivity contribution in [2.75, 3.05) is 11.9 Å². The molecule has 0 atom stereocenters. The second kappa shape index (κ2) is 6.30. The Bertz CT molecular complexity index is 380. The van der Waals surface area contributed by atoms with Crippen LogP contribution in [0.5, 0.6) is 0 Å². The quantitative estimate of drug-likeness (QED) is 0.832. The van der Waals surface area contributed by atoms with E-state index in [1.807, 2.05) is 24.3 Å². The van der Waals surface area contributed by atoms with Crippen molar-refractivity contribution in [2.24, 2.45) is 17.8 Å². The summed E-state index contributed by atoms with van der Waals surface area (Å²) in [7, 11) is 0. The lowest BCUT2D eigenvalue weighted by atomic mass is 9.85. The highest BCUT2D eigenvalue weighted by Crippen LogP contribution is 2.22. The lowest BCUT2D eigenvalue weighted by Gasteiger charge is -2.25. The molecule has 1 rings (SSSR count). The van der Waals surface area contributed by atoms with Crippen molar-refractivity contribution < 1.29 is 0 Å². The molecular formula is C15H22N2. The maximum atomic E-state index is 9.01. The van der Waals surface area contributed by atoms with Crippen LogP contribution in [-0.4, -0.2) is 6.54 Å². The van der Waals surface area contributed by atoms with Crippen LogP contribution in [0.4, 0.5) is 5.69 Å². The van der Waals surface area contributed by atoms with Crippen molar-refractivity contribution >= 4 is 5.69 Å². The van der Waals surface area contributed by atoms with E-state index in [9.17, 15) is 0 Å². The van der Waals surface area contributed by atoms with Crippen LogP contribution in [0.2, 0.25) is 0 Å². The van der Waals surface area contributed by atoms with Gasteiger partial charge in [0.05, 0.1) is 11.3 Å². The minimum Gasteiger partial charge on any atom is -0.384 e. The van der Waals surface area contributed by atoms with Crippen molar-refractivity contribution in [3.8, 4) is 6.07 Å². The summed E-state index contributed by atoms with van der Waals surface area (Å²) >= 11 is 0. The van der Waals surface area contributed by atoms with E-state index in [0.717, 1.165) is 17.8 Å². The molecule has 1 aromatic rings. The third kappa shape index (κ3) is 3.78. The van der Waals surface area contributed by atoms with Gasteiger partial charge < -0.3 is 5.32 Å². The molecule has 0 heterocycles. The fraction of sp³-hybridized carbons (Fsp3) is 0.533. The topological polar surface area (TPSA) is 35.8 Å². The zero-order valence-corrected chi connectivity index (χ0v) is 11.2. The molecule has 0 amide bonds. The molecule has 0 aliphatic heterocycles. The molecule has 2 heteroatoms. The highest BCUT2D eigenvalue weighted by Gasteiger charge is 2.17. The number of benzene rings is 1.